The van der Waals surface area contributed by atoms with E-state index in [9.17, 15) is 25.0 Å². The van der Waals surface area contributed by atoms with Gasteiger partial charge in [0.1, 0.15) is 5.82 Å². The van der Waals surface area contributed by atoms with Crippen LogP contribution in [0.5, 0.6) is 0 Å². The lowest BCUT2D eigenvalue weighted by Crippen LogP contribution is -1.97. The summed E-state index contributed by atoms with van der Waals surface area (Å²) >= 11 is 0. The van der Waals surface area contributed by atoms with Gasteiger partial charge in [-0.15, -0.1) is 0 Å². The zero-order chi connectivity index (χ0) is 17.4. The van der Waals surface area contributed by atoms with Crippen LogP contribution >= 0.6 is 0 Å². The van der Waals surface area contributed by atoms with Crippen molar-refractivity contribution in [2.24, 2.45) is 0 Å². The van der Waals surface area contributed by atoms with E-state index in [2.05, 4.69) is 9.97 Å². The second kappa shape index (κ2) is 5.43. The number of hydrogen-bond acceptors (Lipinski definition) is 6. The Bertz CT molecular complexity index is 992. The molecule has 1 aromatic heterocycles. The summed E-state index contributed by atoms with van der Waals surface area (Å²) in [7, 11) is 0. The third-order valence-electron chi connectivity index (χ3n) is 3.39. The van der Waals surface area contributed by atoms with Gasteiger partial charge in [-0.2, -0.15) is 0 Å². The average Bonchev–Trinajstić information content (AvgIpc) is 2.97. The molecular formula is C14H8N4O6. The van der Waals surface area contributed by atoms with E-state index in [0.717, 1.165) is 6.07 Å². The van der Waals surface area contributed by atoms with Gasteiger partial charge in [0, 0.05) is 11.6 Å². The number of H-pyrrole nitrogens is 1. The van der Waals surface area contributed by atoms with Crippen LogP contribution in [0.25, 0.3) is 22.4 Å². The Morgan fingerprint density at radius 2 is 1.71 bits per heavy atom. The van der Waals surface area contributed by atoms with Crippen LogP contribution in [-0.2, 0) is 0 Å². The molecule has 0 spiro atoms. The molecule has 0 aliphatic rings. The molecule has 120 valence electrons. The third kappa shape index (κ3) is 2.41. The minimum Gasteiger partial charge on any atom is -0.478 e. The van der Waals surface area contributed by atoms with Gasteiger partial charge in [0.2, 0.25) is 0 Å². The number of carboxylic acids is 1. The number of carbonyl (C=O) groups is 1. The largest absolute Gasteiger partial charge is 0.478 e. The standard InChI is InChI=1S/C14H8N4O6/c19-14(20)8-3-1-7(2-4-8)13-15-9-5-6-10(17(21)22)12(18(23)24)11(9)16-13/h1-6H,(H,15,16)(H,19,20). The highest BCUT2D eigenvalue weighted by molar-refractivity contribution is 5.92. The van der Waals surface area contributed by atoms with Gasteiger partial charge in [0.25, 0.3) is 0 Å². The molecule has 0 saturated carbocycles. The number of benzene rings is 2. The smallest absolute Gasteiger partial charge is 0.373 e. The molecule has 0 bridgehead atoms. The molecule has 24 heavy (non-hydrogen) atoms. The minimum absolute atomic E-state index is 0.0801. The number of nitrogens with zero attached hydrogens (tertiary/aromatic N) is 3. The minimum atomic E-state index is -1.09. The lowest BCUT2D eigenvalue weighted by molar-refractivity contribution is -0.421. The fraction of sp³-hybridized carbons (Fsp3) is 0. The van der Waals surface area contributed by atoms with E-state index in [4.69, 9.17) is 5.11 Å². The SMILES string of the molecule is O=C(O)c1ccc(-c2nc3c([N+](=O)[O-])c([N+](=O)[O-])ccc3[nH]2)cc1. The zero-order valence-electron chi connectivity index (χ0n) is 11.8. The molecule has 0 unspecified atom stereocenters. The number of rotatable bonds is 4. The molecule has 2 N–H and O–H groups in total. The van der Waals surface area contributed by atoms with Crippen molar-refractivity contribution >= 4 is 28.4 Å². The van der Waals surface area contributed by atoms with Crippen LogP contribution in [0.1, 0.15) is 10.4 Å². The van der Waals surface area contributed by atoms with Gasteiger partial charge in [-0.1, -0.05) is 12.1 Å². The summed E-state index contributed by atoms with van der Waals surface area (Å²) in [5.74, 6) is -0.844. The highest BCUT2D eigenvalue weighted by Crippen LogP contribution is 2.35. The molecule has 0 saturated heterocycles. The molecule has 10 heteroatoms. The Morgan fingerprint density at radius 1 is 1.04 bits per heavy atom. The average molecular weight is 328 g/mol. The maximum absolute atomic E-state index is 11.2. The van der Waals surface area contributed by atoms with E-state index in [-0.39, 0.29) is 22.4 Å². The van der Waals surface area contributed by atoms with E-state index < -0.39 is 27.2 Å². The van der Waals surface area contributed by atoms with Gasteiger partial charge in [0.05, 0.1) is 20.9 Å². The number of aromatic carboxylic acids is 1. The lowest BCUT2D eigenvalue weighted by Gasteiger charge is -1.97. The monoisotopic (exact) mass is 328 g/mol. The van der Waals surface area contributed by atoms with E-state index in [0.29, 0.717) is 5.56 Å². The Balaban J connectivity index is 2.18. The van der Waals surface area contributed by atoms with Crippen LogP contribution in [0.2, 0.25) is 0 Å². The number of nitro benzene ring substituents is 2. The molecule has 10 nitrogen and oxygen atoms in total. The van der Waals surface area contributed by atoms with E-state index in [1.807, 2.05) is 0 Å². The molecular weight excluding hydrogens is 320 g/mol. The maximum atomic E-state index is 11.2. The summed E-state index contributed by atoms with van der Waals surface area (Å²) in [6.45, 7) is 0. The van der Waals surface area contributed by atoms with Crippen LogP contribution in [0, 0.1) is 20.2 Å². The molecule has 0 atom stereocenters. The van der Waals surface area contributed by atoms with Crippen molar-refractivity contribution in [3.05, 3.63) is 62.2 Å². The highest BCUT2D eigenvalue weighted by atomic mass is 16.6. The highest BCUT2D eigenvalue weighted by Gasteiger charge is 2.29. The van der Waals surface area contributed by atoms with Crippen molar-refractivity contribution < 1.29 is 19.7 Å². The second-order valence-electron chi connectivity index (χ2n) is 4.81. The molecule has 0 fully saturated rings. The third-order valence-corrected chi connectivity index (χ3v) is 3.39. The van der Waals surface area contributed by atoms with Gasteiger partial charge >= 0.3 is 17.3 Å². The van der Waals surface area contributed by atoms with Crippen molar-refractivity contribution in [3.63, 3.8) is 0 Å². The number of imidazole rings is 1. The van der Waals surface area contributed by atoms with Crippen molar-refractivity contribution in [3.8, 4) is 11.4 Å². The quantitative estimate of drug-likeness (QED) is 0.551. The fourth-order valence-electron chi connectivity index (χ4n) is 2.29. The fourth-order valence-corrected chi connectivity index (χ4v) is 2.29. The van der Waals surface area contributed by atoms with Crippen molar-refractivity contribution in [1.82, 2.24) is 9.97 Å². The van der Waals surface area contributed by atoms with Crippen LogP contribution in [0.4, 0.5) is 11.4 Å². The summed E-state index contributed by atoms with van der Waals surface area (Å²) in [6, 6.07) is 8.07. The predicted octanol–water partition coefficient (Wildman–Crippen LogP) is 2.74. The molecule has 0 amide bonds. The van der Waals surface area contributed by atoms with E-state index >= 15 is 0 Å². The number of hydrogen-bond donors (Lipinski definition) is 2. The van der Waals surface area contributed by atoms with Gasteiger partial charge in [0.15, 0.2) is 5.52 Å². The summed E-state index contributed by atoms with van der Waals surface area (Å²) in [6.07, 6.45) is 0. The van der Waals surface area contributed by atoms with Crippen LogP contribution in [0.3, 0.4) is 0 Å². The van der Waals surface area contributed by atoms with Gasteiger partial charge in [-0.05, 0) is 18.2 Å². The van der Waals surface area contributed by atoms with Gasteiger partial charge in [-0.25, -0.2) is 9.78 Å². The summed E-state index contributed by atoms with van der Waals surface area (Å²) in [5, 5.41) is 31.0. The number of aromatic amines is 1. The van der Waals surface area contributed by atoms with Crippen molar-refractivity contribution in [2.45, 2.75) is 0 Å². The first-order valence-electron chi connectivity index (χ1n) is 6.53. The maximum Gasteiger partial charge on any atom is 0.373 e. The Morgan fingerprint density at radius 3 is 2.25 bits per heavy atom. The summed E-state index contributed by atoms with van der Waals surface area (Å²) in [4.78, 5) is 38.2. The molecule has 0 radical (unpaired) electrons. The molecule has 3 rings (SSSR count). The number of nitro groups is 2. The topological polar surface area (TPSA) is 152 Å². The Kier molecular flexibility index (Phi) is 3.41. The molecule has 1 heterocycles. The predicted molar refractivity (Wildman–Crippen MR) is 81.8 cm³/mol. The first kappa shape index (κ1) is 15.1. The first-order valence-corrected chi connectivity index (χ1v) is 6.53. The van der Waals surface area contributed by atoms with Gasteiger partial charge in [-0.3, -0.25) is 20.2 Å². The van der Waals surface area contributed by atoms with Crippen molar-refractivity contribution in [1.29, 1.82) is 0 Å². The van der Waals surface area contributed by atoms with E-state index in [1.54, 1.807) is 0 Å². The summed E-state index contributed by atoms with van der Waals surface area (Å²) < 4.78 is 0. The van der Waals surface area contributed by atoms with Crippen LogP contribution in [0.15, 0.2) is 36.4 Å². The second-order valence-corrected chi connectivity index (χ2v) is 4.81. The molecule has 0 aliphatic heterocycles. The molecule has 3 aromatic rings. The molecule has 0 aliphatic carbocycles. The first-order chi connectivity index (χ1) is 11.4. The van der Waals surface area contributed by atoms with Crippen LogP contribution < -0.4 is 0 Å². The number of carboxylic acid groups (broad SMARTS) is 1. The molecule has 2 aromatic carbocycles. The zero-order valence-corrected chi connectivity index (χ0v) is 11.8. The number of fused-ring (bicyclic) bond motifs is 1. The normalized spacial score (nSPS) is 10.7. The van der Waals surface area contributed by atoms with E-state index in [1.165, 1.54) is 30.3 Å². The Labute approximate surface area is 132 Å². The number of nitrogens with one attached hydrogen (secondary N) is 1. The lowest BCUT2D eigenvalue weighted by atomic mass is 10.1. The van der Waals surface area contributed by atoms with Gasteiger partial charge < -0.3 is 10.1 Å². The summed E-state index contributed by atoms with van der Waals surface area (Å²) in [5.41, 5.74) is -0.630. The van der Waals surface area contributed by atoms with Crippen molar-refractivity contribution in [2.75, 3.05) is 0 Å². The number of aromatic nitrogens is 2. The Hall–Kier alpha value is -3.82. The van der Waals surface area contributed by atoms with Crippen LogP contribution in [-0.4, -0.2) is 30.9 Å².